The topological polar surface area (TPSA) is 32.8 Å². The van der Waals surface area contributed by atoms with Gasteiger partial charge in [-0.15, -0.1) is 6.58 Å². The third kappa shape index (κ3) is 6.35. The molecule has 37 heavy (non-hydrogen) atoms. The van der Waals surface area contributed by atoms with Crippen molar-refractivity contribution in [3.8, 4) is 5.75 Å². The van der Waals surface area contributed by atoms with Gasteiger partial charge < -0.3 is 9.64 Å². The van der Waals surface area contributed by atoms with Crippen LogP contribution in [0.25, 0.3) is 0 Å². The molecule has 4 rings (SSSR count). The summed E-state index contributed by atoms with van der Waals surface area (Å²) in [6, 6.07) is 14.3. The Bertz CT molecular complexity index is 1100. The van der Waals surface area contributed by atoms with E-state index in [-0.39, 0.29) is 17.4 Å². The van der Waals surface area contributed by atoms with Crippen LogP contribution in [0.1, 0.15) is 50.7 Å². The van der Waals surface area contributed by atoms with Gasteiger partial charge in [0.1, 0.15) is 5.75 Å². The smallest absolute Gasteiger partial charge is 0.227 e. The van der Waals surface area contributed by atoms with E-state index in [2.05, 4.69) is 48.4 Å². The molecule has 1 heterocycles. The van der Waals surface area contributed by atoms with Gasteiger partial charge in [-0.2, -0.15) is 0 Å². The first-order chi connectivity index (χ1) is 17.8. The molecular formula is C31H40Cl2N2O2. The summed E-state index contributed by atoms with van der Waals surface area (Å²) in [5.74, 6) is 1.99. The largest absolute Gasteiger partial charge is 0.497 e. The molecular weight excluding hydrogens is 503 g/mol. The Balaban J connectivity index is 1.64. The van der Waals surface area contributed by atoms with Crippen LogP contribution >= 0.6 is 23.2 Å². The summed E-state index contributed by atoms with van der Waals surface area (Å²) in [6.45, 7) is 12.1. The Morgan fingerprint density at radius 2 is 2.03 bits per heavy atom. The minimum absolute atomic E-state index is 0.0220. The predicted molar refractivity (Wildman–Crippen MR) is 154 cm³/mol. The van der Waals surface area contributed by atoms with Crippen molar-refractivity contribution in [2.45, 2.75) is 57.4 Å². The number of rotatable bonds is 9. The third-order valence-corrected chi connectivity index (χ3v) is 9.02. The SMILES string of the molecule is C=CCN1CCC2(c3cccc(OC)c3)CC(N(CC(C)C)C(=O)Cc3ccc(Cl)c(Cl)c3)CCC2C1. The monoisotopic (exact) mass is 542 g/mol. The van der Waals surface area contributed by atoms with Crippen molar-refractivity contribution in [1.82, 2.24) is 9.80 Å². The molecule has 1 aliphatic carbocycles. The van der Waals surface area contributed by atoms with Crippen LogP contribution < -0.4 is 4.74 Å². The van der Waals surface area contributed by atoms with E-state index < -0.39 is 0 Å². The summed E-state index contributed by atoms with van der Waals surface area (Å²) >= 11 is 12.4. The van der Waals surface area contributed by atoms with Crippen molar-refractivity contribution in [3.63, 3.8) is 0 Å². The van der Waals surface area contributed by atoms with E-state index >= 15 is 0 Å². The summed E-state index contributed by atoms with van der Waals surface area (Å²) in [6.07, 6.45) is 6.53. The molecule has 2 aromatic rings. The molecule has 0 N–H and O–H groups in total. The lowest BCUT2D eigenvalue weighted by Gasteiger charge is -2.54. The number of nitrogens with zero attached hydrogens (tertiary/aromatic N) is 2. The number of carbonyl (C=O) groups is 1. The van der Waals surface area contributed by atoms with E-state index in [0.29, 0.717) is 28.3 Å². The Hall–Kier alpha value is -2.01. The number of likely N-dealkylation sites (tertiary alicyclic amines) is 1. The summed E-state index contributed by atoms with van der Waals surface area (Å²) in [7, 11) is 1.73. The second-order valence-corrected chi connectivity index (χ2v) is 12.0. The molecule has 1 amide bonds. The average Bonchev–Trinajstić information content (AvgIpc) is 2.89. The molecule has 0 aromatic heterocycles. The molecule has 4 nitrogen and oxygen atoms in total. The van der Waals surface area contributed by atoms with Gasteiger partial charge in [-0.1, -0.05) is 61.3 Å². The van der Waals surface area contributed by atoms with E-state index in [9.17, 15) is 4.79 Å². The Morgan fingerprint density at radius 3 is 2.73 bits per heavy atom. The molecule has 1 aliphatic heterocycles. The normalized spacial score (nSPS) is 23.9. The number of hydrogen-bond acceptors (Lipinski definition) is 3. The molecule has 0 bridgehead atoms. The number of carbonyl (C=O) groups excluding carboxylic acids is 1. The summed E-state index contributed by atoms with van der Waals surface area (Å²) in [4.78, 5) is 18.5. The molecule has 3 unspecified atom stereocenters. The standard InChI is InChI=1S/C31H40Cl2N2O2/c1-5-14-34-15-13-31(24-7-6-8-27(18-24)37-4)19-26(11-10-25(31)21-34)35(20-22(2)3)30(36)17-23-9-12-28(32)29(33)16-23/h5-9,12,16,18,22,25-26H,1,10-11,13-15,17,19-21H2,2-4H3. The highest BCUT2D eigenvalue weighted by molar-refractivity contribution is 6.42. The first-order valence-corrected chi connectivity index (χ1v) is 14.2. The number of methoxy groups -OCH3 is 1. The van der Waals surface area contributed by atoms with Gasteiger partial charge in [0.2, 0.25) is 5.91 Å². The lowest BCUT2D eigenvalue weighted by atomic mass is 9.57. The van der Waals surface area contributed by atoms with Gasteiger partial charge in [0, 0.05) is 31.1 Å². The molecule has 3 atom stereocenters. The van der Waals surface area contributed by atoms with Gasteiger partial charge in [0.15, 0.2) is 0 Å². The number of benzene rings is 2. The molecule has 1 saturated carbocycles. The Kier molecular flexibility index (Phi) is 9.26. The second kappa shape index (κ2) is 12.2. The van der Waals surface area contributed by atoms with Crippen LogP contribution in [0.4, 0.5) is 0 Å². The van der Waals surface area contributed by atoms with Gasteiger partial charge in [-0.3, -0.25) is 9.69 Å². The first-order valence-electron chi connectivity index (χ1n) is 13.5. The fraction of sp³-hybridized carbons (Fsp3) is 0.516. The molecule has 1 saturated heterocycles. The molecule has 6 heteroatoms. The summed E-state index contributed by atoms with van der Waals surface area (Å²) in [5, 5.41) is 1.00. The van der Waals surface area contributed by atoms with Crippen molar-refractivity contribution >= 4 is 29.1 Å². The van der Waals surface area contributed by atoms with Crippen LogP contribution in [0.3, 0.4) is 0 Å². The zero-order chi connectivity index (χ0) is 26.6. The lowest BCUT2D eigenvalue weighted by molar-refractivity contribution is -0.135. The first kappa shape index (κ1) is 28.0. The highest BCUT2D eigenvalue weighted by atomic mass is 35.5. The van der Waals surface area contributed by atoms with Gasteiger partial charge in [0.25, 0.3) is 0 Å². The average molecular weight is 544 g/mol. The van der Waals surface area contributed by atoms with Crippen LogP contribution in [0.2, 0.25) is 10.0 Å². The minimum atomic E-state index is 0.0220. The Morgan fingerprint density at radius 1 is 1.22 bits per heavy atom. The molecule has 2 aliphatic rings. The number of ether oxygens (including phenoxy) is 1. The zero-order valence-corrected chi connectivity index (χ0v) is 23.9. The number of amides is 1. The summed E-state index contributed by atoms with van der Waals surface area (Å²) in [5.41, 5.74) is 2.28. The number of halogens is 2. The molecule has 2 fully saturated rings. The van der Waals surface area contributed by atoms with Crippen LogP contribution in [-0.2, 0) is 16.6 Å². The maximum Gasteiger partial charge on any atom is 0.227 e. The van der Waals surface area contributed by atoms with E-state index in [1.54, 1.807) is 13.2 Å². The molecule has 0 radical (unpaired) electrons. The predicted octanol–water partition coefficient (Wildman–Crippen LogP) is 7.03. The Labute approximate surface area is 232 Å². The van der Waals surface area contributed by atoms with Gasteiger partial charge in [-0.05, 0) is 79.5 Å². The van der Waals surface area contributed by atoms with Crippen LogP contribution in [-0.4, -0.2) is 55.0 Å². The van der Waals surface area contributed by atoms with E-state index in [1.807, 2.05) is 24.3 Å². The highest BCUT2D eigenvalue weighted by Gasteiger charge is 2.49. The molecule has 0 spiro atoms. The molecule has 2 aromatic carbocycles. The van der Waals surface area contributed by atoms with Crippen LogP contribution in [0.5, 0.6) is 5.75 Å². The summed E-state index contributed by atoms with van der Waals surface area (Å²) < 4.78 is 5.62. The van der Waals surface area contributed by atoms with E-state index in [0.717, 1.165) is 63.2 Å². The van der Waals surface area contributed by atoms with Crippen molar-refractivity contribution in [2.75, 3.05) is 33.3 Å². The zero-order valence-electron chi connectivity index (χ0n) is 22.4. The lowest BCUT2D eigenvalue weighted by Crippen LogP contribution is -2.57. The van der Waals surface area contributed by atoms with E-state index in [4.69, 9.17) is 27.9 Å². The number of piperidine rings is 1. The van der Waals surface area contributed by atoms with Crippen molar-refractivity contribution in [3.05, 3.63) is 76.3 Å². The minimum Gasteiger partial charge on any atom is -0.497 e. The quantitative estimate of drug-likeness (QED) is 0.319. The van der Waals surface area contributed by atoms with Crippen molar-refractivity contribution in [1.29, 1.82) is 0 Å². The van der Waals surface area contributed by atoms with Gasteiger partial charge in [0.05, 0.1) is 23.6 Å². The van der Waals surface area contributed by atoms with Crippen LogP contribution in [0.15, 0.2) is 55.1 Å². The fourth-order valence-electron chi connectivity index (χ4n) is 6.51. The number of hydrogen-bond donors (Lipinski definition) is 0. The fourth-order valence-corrected chi connectivity index (χ4v) is 6.83. The van der Waals surface area contributed by atoms with Crippen molar-refractivity contribution < 1.29 is 9.53 Å². The van der Waals surface area contributed by atoms with Gasteiger partial charge >= 0.3 is 0 Å². The van der Waals surface area contributed by atoms with Crippen LogP contribution in [0, 0.1) is 11.8 Å². The van der Waals surface area contributed by atoms with E-state index in [1.165, 1.54) is 5.56 Å². The molecule has 200 valence electrons. The van der Waals surface area contributed by atoms with Gasteiger partial charge in [-0.25, -0.2) is 0 Å². The maximum absolute atomic E-state index is 13.8. The highest BCUT2D eigenvalue weighted by Crippen LogP contribution is 2.50. The third-order valence-electron chi connectivity index (χ3n) is 8.28. The number of fused-ring (bicyclic) bond motifs is 1. The van der Waals surface area contributed by atoms with Crippen molar-refractivity contribution in [2.24, 2.45) is 11.8 Å². The maximum atomic E-state index is 13.8. The second-order valence-electron chi connectivity index (χ2n) is 11.2.